The molecule has 0 aliphatic heterocycles. The van der Waals surface area contributed by atoms with Gasteiger partial charge >= 0.3 is 5.97 Å². The van der Waals surface area contributed by atoms with Gasteiger partial charge in [-0.1, -0.05) is 41.1 Å². The average Bonchev–Trinajstić information content (AvgIpc) is 2.31. The second kappa shape index (κ2) is 6.66. The van der Waals surface area contributed by atoms with E-state index in [9.17, 15) is 4.79 Å². The van der Waals surface area contributed by atoms with E-state index >= 15 is 0 Å². The first-order valence-corrected chi connectivity index (χ1v) is 6.03. The SMILES string of the molecule is CCC(NCc1ccccc1Br)C(=O)OC. The van der Waals surface area contributed by atoms with Crippen molar-refractivity contribution in [2.75, 3.05) is 7.11 Å². The number of nitrogens with one attached hydrogen (secondary N) is 1. The van der Waals surface area contributed by atoms with Gasteiger partial charge in [-0.25, -0.2) is 0 Å². The Bertz CT molecular complexity index is 355. The van der Waals surface area contributed by atoms with Crippen molar-refractivity contribution in [1.82, 2.24) is 5.32 Å². The minimum Gasteiger partial charge on any atom is -0.468 e. The lowest BCUT2D eigenvalue weighted by Gasteiger charge is -2.14. The van der Waals surface area contributed by atoms with Gasteiger partial charge in [-0.3, -0.25) is 4.79 Å². The molecule has 1 N–H and O–H groups in total. The monoisotopic (exact) mass is 285 g/mol. The van der Waals surface area contributed by atoms with Crippen LogP contribution in [0.1, 0.15) is 18.9 Å². The van der Waals surface area contributed by atoms with Gasteiger partial charge in [0.25, 0.3) is 0 Å². The van der Waals surface area contributed by atoms with Crippen molar-refractivity contribution in [3.05, 3.63) is 34.3 Å². The Balaban J connectivity index is 2.56. The molecule has 0 fully saturated rings. The Morgan fingerprint density at radius 1 is 1.50 bits per heavy atom. The van der Waals surface area contributed by atoms with Crippen molar-refractivity contribution in [1.29, 1.82) is 0 Å². The van der Waals surface area contributed by atoms with Gasteiger partial charge in [0.2, 0.25) is 0 Å². The molecule has 1 aromatic rings. The van der Waals surface area contributed by atoms with Gasteiger partial charge in [0, 0.05) is 11.0 Å². The number of carbonyl (C=O) groups is 1. The highest BCUT2D eigenvalue weighted by Gasteiger charge is 2.15. The third-order valence-electron chi connectivity index (χ3n) is 2.39. The highest BCUT2D eigenvalue weighted by Crippen LogP contribution is 2.15. The molecular weight excluding hydrogens is 270 g/mol. The molecule has 0 spiro atoms. The van der Waals surface area contributed by atoms with Gasteiger partial charge in [-0.15, -0.1) is 0 Å². The first-order valence-electron chi connectivity index (χ1n) is 5.23. The van der Waals surface area contributed by atoms with Gasteiger partial charge in [-0.2, -0.15) is 0 Å². The van der Waals surface area contributed by atoms with Crippen LogP contribution in [0.4, 0.5) is 0 Å². The molecule has 1 unspecified atom stereocenters. The maximum absolute atomic E-state index is 11.4. The van der Waals surface area contributed by atoms with Crippen LogP contribution in [-0.4, -0.2) is 19.1 Å². The van der Waals surface area contributed by atoms with Crippen LogP contribution in [0, 0.1) is 0 Å². The standard InChI is InChI=1S/C12H16BrNO2/c1-3-11(12(15)16-2)14-8-9-6-4-5-7-10(9)13/h4-7,11,14H,3,8H2,1-2H3. The lowest BCUT2D eigenvalue weighted by atomic mass is 10.2. The van der Waals surface area contributed by atoms with Crippen LogP contribution in [0.3, 0.4) is 0 Å². The van der Waals surface area contributed by atoms with E-state index in [2.05, 4.69) is 21.2 Å². The van der Waals surface area contributed by atoms with Crippen LogP contribution in [0.15, 0.2) is 28.7 Å². The fraction of sp³-hybridized carbons (Fsp3) is 0.417. The number of ether oxygens (including phenoxy) is 1. The summed E-state index contributed by atoms with van der Waals surface area (Å²) in [6.07, 6.45) is 0.719. The van der Waals surface area contributed by atoms with Crippen molar-refractivity contribution >= 4 is 21.9 Å². The largest absolute Gasteiger partial charge is 0.468 e. The van der Waals surface area contributed by atoms with Gasteiger partial charge < -0.3 is 10.1 Å². The van der Waals surface area contributed by atoms with Crippen LogP contribution < -0.4 is 5.32 Å². The molecule has 1 rings (SSSR count). The van der Waals surface area contributed by atoms with E-state index in [0.717, 1.165) is 16.5 Å². The Morgan fingerprint density at radius 3 is 2.75 bits per heavy atom. The zero-order valence-electron chi connectivity index (χ0n) is 9.50. The highest BCUT2D eigenvalue weighted by molar-refractivity contribution is 9.10. The van der Waals surface area contributed by atoms with Crippen molar-refractivity contribution in [2.45, 2.75) is 25.9 Å². The van der Waals surface area contributed by atoms with E-state index < -0.39 is 0 Å². The normalized spacial score (nSPS) is 12.2. The molecule has 0 bridgehead atoms. The van der Waals surface area contributed by atoms with E-state index in [1.54, 1.807) is 0 Å². The summed E-state index contributed by atoms with van der Waals surface area (Å²) in [5.41, 5.74) is 1.13. The molecule has 4 heteroatoms. The summed E-state index contributed by atoms with van der Waals surface area (Å²) in [5, 5.41) is 3.17. The number of hydrogen-bond donors (Lipinski definition) is 1. The molecule has 1 atom stereocenters. The number of carbonyl (C=O) groups excluding carboxylic acids is 1. The number of methoxy groups -OCH3 is 1. The summed E-state index contributed by atoms with van der Waals surface area (Å²) in [7, 11) is 1.41. The molecule has 0 saturated carbocycles. The molecule has 3 nitrogen and oxygen atoms in total. The summed E-state index contributed by atoms with van der Waals surface area (Å²) in [6, 6.07) is 7.69. The Labute approximate surface area is 104 Å². The fourth-order valence-corrected chi connectivity index (χ4v) is 1.84. The first kappa shape index (κ1) is 13.2. The maximum atomic E-state index is 11.4. The third-order valence-corrected chi connectivity index (χ3v) is 3.16. The summed E-state index contributed by atoms with van der Waals surface area (Å²) >= 11 is 3.47. The molecular formula is C12H16BrNO2. The number of halogens is 1. The molecule has 0 radical (unpaired) electrons. The quantitative estimate of drug-likeness (QED) is 0.845. The van der Waals surface area contributed by atoms with Gasteiger partial charge in [0.05, 0.1) is 7.11 Å². The number of rotatable bonds is 5. The van der Waals surface area contributed by atoms with Crippen molar-refractivity contribution < 1.29 is 9.53 Å². The highest BCUT2D eigenvalue weighted by atomic mass is 79.9. The predicted molar refractivity (Wildman–Crippen MR) is 67.1 cm³/mol. The zero-order chi connectivity index (χ0) is 12.0. The molecule has 16 heavy (non-hydrogen) atoms. The average molecular weight is 286 g/mol. The van der Waals surface area contributed by atoms with E-state index in [1.807, 2.05) is 31.2 Å². The molecule has 0 heterocycles. The van der Waals surface area contributed by atoms with Crippen LogP contribution >= 0.6 is 15.9 Å². The summed E-state index contributed by atoms with van der Waals surface area (Å²) < 4.78 is 5.75. The molecule has 0 aromatic heterocycles. The lowest BCUT2D eigenvalue weighted by Crippen LogP contribution is -2.36. The second-order valence-corrected chi connectivity index (χ2v) is 4.31. The van der Waals surface area contributed by atoms with Crippen LogP contribution in [0.2, 0.25) is 0 Å². The van der Waals surface area contributed by atoms with E-state index in [0.29, 0.717) is 6.54 Å². The molecule has 1 aromatic carbocycles. The number of esters is 1. The maximum Gasteiger partial charge on any atom is 0.322 e. The predicted octanol–water partition coefficient (Wildman–Crippen LogP) is 2.49. The third kappa shape index (κ3) is 3.61. The van der Waals surface area contributed by atoms with Gasteiger partial charge in [0.15, 0.2) is 0 Å². The fourth-order valence-electron chi connectivity index (χ4n) is 1.41. The van der Waals surface area contributed by atoms with E-state index in [4.69, 9.17) is 4.74 Å². The molecule has 88 valence electrons. The Morgan fingerprint density at radius 2 is 2.19 bits per heavy atom. The van der Waals surface area contributed by atoms with E-state index in [-0.39, 0.29) is 12.0 Å². The topological polar surface area (TPSA) is 38.3 Å². The smallest absolute Gasteiger partial charge is 0.322 e. The Hall–Kier alpha value is -0.870. The molecule has 0 amide bonds. The van der Waals surface area contributed by atoms with Gasteiger partial charge in [0.1, 0.15) is 6.04 Å². The van der Waals surface area contributed by atoms with Gasteiger partial charge in [-0.05, 0) is 18.1 Å². The number of hydrogen-bond acceptors (Lipinski definition) is 3. The second-order valence-electron chi connectivity index (χ2n) is 3.46. The minimum absolute atomic E-state index is 0.213. The number of benzene rings is 1. The van der Waals surface area contributed by atoms with Crippen LogP contribution in [0.5, 0.6) is 0 Å². The molecule has 0 aliphatic carbocycles. The van der Waals surface area contributed by atoms with E-state index in [1.165, 1.54) is 7.11 Å². The van der Waals surface area contributed by atoms with Crippen molar-refractivity contribution in [3.63, 3.8) is 0 Å². The van der Waals surface area contributed by atoms with Crippen LogP contribution in [-0.2, 0) is 16.1 Å². The first-order chi connectivity index (χ1) is 7.69. The lowest BCUT2D eigenvalue weighted by molar-refractivity contribution is -0.143. The Kier molecular flexibility index (Phi) is 5.49. The molecule has 0 aliphatic rings. The summed E-state index contributed by atoms with van der Waals surface area (Å²) in [6.45, 7) is 2.60. The van der Waals surface area contributed by atoms with Crippen molar-refractivity contribution in [2.24, 2.45) is 0 Å². The summed E-state index contributed by atoms with van der Waals surface area (Å²) in [4.78, 5) is 11.4. The van der Waals surface area contributed by atoms with Crippen LogP contribution in [0.25, 0.3) is 0 Å². The molecule has 0 saturated heterocycles. The minimum atomic E-state index is -0.239. The zero-order valence-corrected chi connectivity index (χ0v) is 11.1. The summed E-state index contributed by atoms with van der Waals surface area (Å²) in [5.74, 6) is -0.213. The van der Waals surface area contributed by atoms with Crippen molar-refractivity contribution in [3.8, 4) is 0 Å².